The third-order valence-corrected chi connectivity index (χ3v) is 3.57. The number of methoxy groups -OCH3 is 1. The first-order chi connectivity index (χ1) is 11.1. The highest BCUT2D eigenvalue weighted by molar-refractivity contribution is 5.78. The molecule has 0 heterocycles. The number of hydrogen-bond acceptors (Lipinski definition) is 3. The molecule has 4 heteroatoms. The summed E-state index contributed by atoms with van der Waals surface area (Å²) in [5, 5.41) is 3.04. The number of benzene rings is 2. The molecular weight excluding hydrogens is 290 g/mol. The second kappa shape index (κ2) is 8.22. The van der Waals surface area contributed by atoms with E-state index in [9.17, 15) is 4.79 Å². The fraction of sp³-hybridized carbons (Fsp3) is 0.316. The van der Waals surface area contributed by atoms with Crippen molar-refractivity contribution in [2.45, 2.75) is 19.9 Å². The molecule has 0 aliphatic rings. The Hall–Kier alpha value is -2.49. The van der Waals surface area contributed by atoms with Crippen LogP contribution in [0.5, 0.6) is 11.5 Å². The van der Waals surface area contributed by atoms with Crippen LogP contribution in [0.25, 0.3) is 0 Å². The number of ether oxygens (including phenoxy) is 2. The Morgan fingerprint density at radius 1 is 1.00 bits per heavy atom. The highest BCUT2D eigenvalue weighted by Crippen LogP contribution is 2.21. The lowest BCUT2D eigenvalue weighted by Crippen LogP contribution is -2.35. The smallest absolute Gasteiger partial charge is 0.258 e. The van der Waals surface area contributed by atoms with E-state index in [0.29, 0.717) is 11.7 Å². The van der Waals surface area contributed by atoms with Crippen LogP contribution >= 0.6 is 0 Å². The van der Waals surface area contributed by atoms with E-state index in [1.165, 1.54) is 0 Å². The van der Waals surface area contributed by atoms with Gasteiger partial charge in [0.05, 0.1) is 13.2 Å². The average molecular weight is 313 g/mol. The van der Waals surface area contributed by atoms with Gasteiger partial charge in [-0.2, -0.15) is 0 Å². The Morgan fingerprint density at radius 3 is 2.17 bits per heavy atom. The van der Waals surface area contributed by atoms with Crippen LogP contribution in [0.3, 0.4) is 0 Å². The molecule has 122 valence electrons. The van der Waals surface area contributed by atoms with Crippen molar-refractivity contribution in [1.82, 2.24) is 5.32 Å². The van der Waals surface area contributed by atoms with E-state index in [-0.39, 0.29) is 18.6 Å². The summed E-state index contributed by atoms with van der Waals surface area (Å²) in [7, 11) is 1.61. The topological polar surface area (TPSA) is 47.6 Å². The van der Waals surface area contributed by atoms with Gasteiger partial charge in [0.1, 0.15) is 11.5 Å². The van der Waals surface area contributed by atoms with E-state index >= 15 is 0 Å². The van der Waals surface area contributed by atoms with Crippen molar-refractivity contribution < 1.29 is 14.3 Å². The van der Waals surface area contributed by atoms with E-state index in [4.69, 9.17) is 9.47 Å². The fourth-order valence-electron chi connectivity index (χ4n) is 2.33. The molecule has 0 bridgehead atoms. The van der Waals surface area contributed by atoms with E-state index in [1.807, 2.05) is 30.3 Å². The van der Waals surface area contributed by atoms with Crippen molar-refractivity contribution in [2.24, 2.45) is 5.92 Å². The molecule has 1 atom stereocenters. The molecule has 23 heavy (non-hydrogen) atoms. The summed E-state index contributed by atoms with van der Waals surface area (Å²) in [5.41, 5.74) is 1.10. The maximum atomic E-state index is 12.2. The molecule has 0 aliphatic carbocycles. The van der Waals surface area contributed by atoms with Gasteiger partial charge >= 0.3 is 0 Å². The Kier molecular flexibility index (Phi) is 6.03. The van der Waals surface area contributed by atoms with Crippen molar-refractivity contribution in [2.75, 3.05) is 13.7 Å². The number of nitrogens with one attached hydrogen (secondary N) is 1. The number of carbonyl (C=O) groups excluding carboxylic acids is 1. The largest absolute Gasteiger partial charge is 0.497 e. The SMILES string of the molecule is COc1ccc(OCC(=O)N[C@H](c2ccccc2)C(C)C)cc1. The van der Waals surface area contributed by atoms with Crippen LogP contribution < -0.4 is 14.8 Å². The van der Waals surface area contributed by atoms with Crippen molar-refractivity contribution in [3.05, 3.63) is 60.2 Å². The van der Waals surface area contributed by atoms with Gasteiger partial charge in [-0.15, -0.1) is 0 Å². The van der Waals surface area contributed by atoms with Crippen molar-refractivity contribution >= 4 is 5.91 Å². The quantitative estimate of drug-likeness (QED) is 0.850. The molecule has 0 saturated carbocycles. The first-order valence-electron chi connectivity index (χ1n) is 7.71. The zero-order valence-electron chi connectivity index (χ0n) is 13.8. The van der Waals surface area contributed by atoms with Gasteiger partial charge < -0.3 is 14.8 Å². The lowest BCUT2D eigenvalue weighted by molar-refractivity contribution is -0.124. The zero-order chi connectivity index (χ0) is 16.7. The van der Waals surface area contributed by atoms with Gasteiger partial charge in [0, 0.05) is 0 Å². The van der Waals surface area contributed by atoms with Gasteiger partial charge in [-0.3, -0.25) is 4.79 Å². The van der Waals surface area contributed by atoms with Crippen LogP contribution in [-0.2, 0) is 4.79 Å². The molecular formula is C19H23NO3. The predicted octanol–water partition coefficient (Wildman–Crippen LogP) is 3.59. The maximum absolute atomic E-state index is 12.2. The molecule has 2 rings (SSSR count). The molecule has 0 fully saturated rings. The van der Waals surface area contributed by atoms with E-state index in [0.717, 1.165) is 11.3 Å². The minimum atomic E-state index is -0.136. The van der Waals surface area contributed by atoms with Crippen LogP contribution in [0.4, 0.5) is 0 Å². The van der Waals surface area contributed by atoms with E-state index < -0.39 is 0 Å². The number of carbonyl (C=O) groups is 1. The van der Waals surface area contributed by atoms with E-state index in [2.05, 4.69) is 19.2 Å². The normalized spacial score (nSPS) is 11.8. The Morgan fingerprint density at radius 2 is 1.61 bits per heavy atom. The van der Waals surface area contributed by atoms with Crippen LogP contribution in [0.1, 0.15) is 25.5 Å². The summed E-state index contributed by atoms with van der Waals surface area (Å²) < 4.78 is 10.6. The van der Waals surface area contributed by atoms with Gasteiger partial charge in [-0.05, 0) is 35.7 Å². The van der Waals surface area contributed by atoms with Gasteiger partial charge in [0.2, 0.25) is 0 Å². The Bertz CT molecular complexity index is 608. The number of rotatable bonds is 7. The Balaban J connectivity index is 1.91. The zero-order valence-corrected chi connectivity index (χ0v) is 13.8. The molecule has 0 aromatic heterocycles. The molecule has 0 radical (unpaired) electrons. The van der Waals surface area contributed by atoms with Gasteiger partial charge in [0.15, 0.2) is 6.61 Å². The minimum Gasteiger partial charge on any atom is -0.497 e. The van der Waals surface area contributed by atoms with Crippen LogP contribution in [0.2, 0.25) is 0 Å². The van der Waals surface area contributed by atoms with Crippen molar-refractivity contribution in [3.63, 3.8) is 0 Å². The van der Waals surface area contributed by atoms with Gasteiger partial charge in [0.25, 0.3) is 5.91 Å². The number of hydrogen-bond donors (Lipinski definition) is 1. The monoisotopic (exact) mass is 313 g/mol. The summed E-state index contributed by atoms with van der Waals surface area (Å²) >= 11 is 0. The fourth-order valence-corrected chi connectivity index (χ4v) is 2.33. The molecule has 0 unspecified atom stereocenters. The molecule has 2 aromatic carbocycles. The Labute approximate surface area is 137 Å². The highest BCUT2D eigenvalue weighted by atomic mass is 16.5. The van der Waals surface area contributed by atoms with Crippen LogP contribution in [-0.4, -0.2) is 19.6 Å². The molecule has 0 saturated heterocycles. The molecule has 4 nitrogen and oxygen atoms in total. The van der Waals surface area contributed by atoms with E-state index in [1.54, 1.807) is 31.4 Å². The van der Waals surface area contributed by atoms with Crippen molar-refractivity contribution in [1.29, 1.82) is 0 Å². The average Bonchev–Trinajstić information content (AvgIpc) is 2.58. The highest BCUT2D eigenvalue weighted by Gasteiger charge is 2.18. The lowest BCUT2D eigenvalue weighted by Gasteiger charge is -2.23. The first-order valence-corrected chi connectivity index (χ1v) is 7.71. The van der Waals surface area contributed by atoms with Gasteiger partial charge in [-0.25, -0.2) is 0 Å². The molecule has 1 N–H and O–H groups in total. The maximum Gasteiger partial charge on any atom is 0.258 e. The molecule has 0 aliphatic heterocycles. The summed E-state index contributed by atoms with van der Waals surface area (Å²) in [6.07, 6.45) is 0. The first kappa shape index (κ1) is 16.9. The summed E-state index contributed by atoms with van der Waals surface area (Å²) in [5.74, 6) is 1.55. The minimum absolute atomic E-state index is 0.0115. The standard InChI is InChI=1S/C19H23NO3/c1-14(2)19(15-7-5-4-6-8-15)20-18(21)13-23-17-11-9-16(22-3)10-12-17/h4-12,14,19H,13H2,1-3H3,(H,20,21)/t19-/m0/s1. The third-order valence-electron chi connectivity index (χ3n) is 3.57. The molecule has 2 aromatic rings. The summed E-state index contributed by atoms with van der Waals surface area (Å²) in [4.78, 5) is 12.2. The molecule has 1 amide bonds. The van der Waals surface area contributed by atoms with Gasteiger partial charge in [-0.1, -0.05) is 44.2 Å². The molecule has 0 spiro atoms. The summed E-state index contributed by atoms with van der Waals surface area (Å²) in [6, 6.07) is 17.1. The lowest BCUT2D eigenvalue weighted by atomic mass is 9.96. The van der Waals surface area contributed by atoms with Crippen LogP contribution in [0.15, 0.2) is 54.6 Å². The predicted molar refractivity (Wildman–Crippen MR) is 90.7 cm³/mol. The summed E-state index contributed by atoms with van der Waals surface area (Å²) in [6.45, 7) is 4.16. The second-order valence-electron chi connectivity index (χ2n) is 5.66. The van der Waals surface area contributed by atoms with Crippen molar-refractivity contribution in [3.8, 4) is 11.5 Å². The second-order valence-corrected chi connectivity index (χ2v) is 5.66. The number of amides is 1. The third kappa shape index (κ3) is 5.02. The van der Waals surface area contributed by atoms with Crippen LogP contribution in [0, 0.1) is 5.92 Å².